The Balaban J connectivity index is 1.90. The predicted octanol–water partition coefficient (Wildman–Crippen LogP) is 3.45. The SMILES string of the molecule is CCC(=O)N1N=C(c2ccc(NS(C)(=O)=O)cc2)CC1c1ccccc1C. The summed E-state index contributed by atoms with van der Waals surface area (Å²) in [5, 5.41) is 6.18. The summed E-state index contributed by atoms with van der Waals surface area (Å²) in [4.78, 5) is 12.4. The van der Waals surface area contributed by atoms with E-state index in [-0.39, 0.29) is 11.9 Å². The van der Waals surface area contributed by atoms with Crippen molar-refractivity contribution in [3.05, 3.63) is 65.2 Å². The highest BCUT2D eigenvalue weighted by molar-refractivity contribution is 7.92. The Morgan fingerprint density at radius 3 is 2.44 bits per heavy atom. The van der Waals surface area contributed by atoms with Gasteiger partial charge in [0.2, 0.25) is 15.9 Å². The number of carbonyl (C=O) groups excluding carboxylic acids is 1. The van der Waals surface area contributed by atoms with Gasteiger partial charge in [-0.25, -0.2) is 13.4 Å². The van der Waals surface area contributed by atoms with Crippen LogP contribution in [0, 0.1) is 6.92 Å². The molecule has 7 heteroatoms. The van der Waals surface area contributed by atoms with E-state index in [0.717, 1.165) is 28.7 Å². The molecule has 2 aromatic carbocycles. The van der Waals surface area contributed by atoms with E-state index in [9.17, 15) is 13.2 Å². The van der Waals surface area contributed by atoms with Crippen molar-refractivity contribution in [1.29, 1.82) is 0 Å². The zero-order valence-electron chi connectivity index (χ0n) is 15.6. The van der Waals surface area contributed by atoms with Gasteiger partial charge in [0.15, 0.2) is 0 Å². The average molecular weight is 385 g/mol. The minimum absolute atomic E-state index is 0.0198. The summed E-state index contributed by atoms with van der Waals surface area (Å²) in [6.45, 7) is 3.87. The summed E-state index contributed by atoms with van der Waals surface area (Å²) in [5.74, 6) is -0.0198. The van der Waals surface area contributed by atoms with E-state index in [0.29, 0.717) is 18.5 Å². The van der Waals surface area contributed by atoms with Crippen molar-refractivity contribution >= 4 is 27.3 Å². The van der Waals surface area contributed by atoms with Crippen molar-refractivity contribution in [2.75, 3.05) is 11.0 Å². The zero-order valence-corrected chi connectivity index (χ0v) is 16.5. The molecular weight excluding hydrogens is 362 g/mol. The average Bonchev–Trinajstić information content (AvgIpc) is 3.06. The Kier molecular flexibility index (Phi) is 5.32. The van der Waals surface area contributed by atoms with Gasteiger partial charge in [-0.1, -0.05) is 43.3 Å². The number of hydrogen-bond donors (Lipinski definition) is 1. The molecule has 0 saturated carbocycles. The number of anilines is 1. The standard InChI is InChI=1S/C20H23N3O3S/c1-4-20(24)23-19(17-8-6-5-7-14(17)2)13-18(21-23)15-9-11-16(12-10-15)22-27(3,25)26/h5-12,19,22H,4,13H2,1-3H3. The minimum atomic E-state index is -3.32. The minimum Gasteiger partial charge on any atom is -0.284 e. The predicted molar refractivity (Wildman–Crippen MR) is 107 cm³/mol. The normalized spacial score (nSPS) is 16.9. The summed E-state index contributed by atoms with van der Waals surface area (Å²) >= 11 is 0. The third-order valence-corrected chi connectivity index (χ3v) is 5.14. The number of benzene rings is 2. The summed E-state index contributed by atoms with van der Waals surface area (Å²) in [5.41, 5.74) is 4.40. The molecular formula is C20H23N3O3S. The van der Waals surface area contributed by atoms with Crippen molar-refractivity contribution in [3.8, 4) is 0 Å². The summed E-state index contributed by atoms with van der Waals surface area (Å²) in [6.07, 6.45) is 2.12. The van der Waals surface area contributed by atoms with Crippen LogP contribution in [0.4, 0.5) is 5.69 Å². The number of nitrogens with one attached hydrogen (secondary N) is 1. The van der Waals surface area contributed by atoms with Gasteiger partial charge in [0.25, 0.3) is 0 Å². The Labute approximate surface area is 159 Å². The molecule has 3 rings (SSSR count). The Morgan fingerprint density at radius 1 is 1.19 bits per heavy atom. The first-order valence-corrected chi connectivity index (χ1v) is 10.7. The van der Waals surface area contributed by atoms with Crippen LogP contribution in [0.5, 0.6) is 0 Å². The van der Waals surface area contributed by atoms with Crippen LogP contribution in [-0.4, -0.2) is 31.3 Å². The van der Waals surface area contributed by atoms with Crippen LogP contribution in [-0.2, 0) is 14.8 Å². The first kappa shape index (κ1) is 19.1. The van der Waals surface area contributed by atoms with Crippen LogP contribution in [0.1, 0.15) is 42.5 Å². The lowest BCUT2D eigenvalue weighted by Gasteiger charge is -2.23. The van der Waals surface area contributed by atoms with Crippen molar-refractivity contribution < 1.29 is 13.2 Å². The van der Waals surface area contributed by atoms with E-state index in [2.05, 4.69) is 9.82 Å². The van der Waals surface area contributed by atoms with Crippen molar-refractivity contribution in [3.63, 3.8) is 0 Å². The number of rotatable bonds is 5. The largest absolute Gasteiger partial charge is 0.284 e. The van der Waals surface area contributed by atoms with Gasteiger partial charge in [0.05, 0.1) is 18.0 Å². The number of aryl methyl sites for hydroxylation is 1. The highest BCUT2D eigenvalue weighted by Gasteiger charge is 2.32. The maximum atomic E-state index is 12.4. The van der Waals surface area contributed by atoms with E-state index >= 15 is 0 Å². The molecule has 1 aliphatic heterocycles. The lowest BCUT2D eigenvalue weighted by molar-refractivity contribution is -0.132. The Hall–Kier alpha value is -2.67. The number of hydrogen-bond acceptors (Lipinski definition) is 4. The molecule has 6 nitrogen and oxygen atoms in total. The summed E-state index contributed by atoms with van der Waals surface area (Å²) in [6, 6.07) is 14.9. The number of sulfonamides is 1. The third-order valence-electron chi connectivity index (χ3n) is 4.54. The van der Waals surface area contributed by atoms with Crippen LogP contribution < -0.4 is 4.72 Å². The molecule has 1 N–H and O–H groups in total. The van der Waals surface area contributed by atoms with Crippen LogP contribution in [0.15, 0.2) is 53.6 Å². The molecule has 2 aromatic rings. The molecule has 0 fully saturated rings. The van der Waals surface area contributed by atoms with E-state index in [1.165, 1.54) is 0 Å². The van der Waals surface area contributed by atoms with Crippen LogP contribution in [0.25, 0.3) is 0 Å². The summed E-state index contributed by atoms with van der Waals surface area (Å²) < 4.78 is 25.1. The lowest BCUT2D eigenvalue weighted by Crippen LogP contribution is -2.26. The molecule has 1 heterocycles. The quantitative estimate of drug-likeness (QED) is 0.856. The van der Waals surface area contributed by atoms with Crippen LogP contribution in [0.2, 0.25) is 0 Å². The molecule has 1 unspecified atom stereocenters. The molecule has 0 radical (unpaired) electrons. The number of amides is 1. The van der Waals surface area contributed by atoms with Crippen LogP contribution in [0.3, 0.4) is 0 Å². The fraction of sp³-hybridized carbons (Fsp3) is 0.300. The molecule has 0 spiro atoms. The lowest BCUT2D eigenvalue weighted by atomic mass is 9.95. The van der Waals surface area contributed by atoms with Gasteiger partial charge in [-0.15, -0.1) is 0 Å². The van der Waals surface area contributed by atoms with Gasteiger partial charge in [-0.05, 0) is 35.7 Å². The number of nitrogens with zero attached hydrogens (tertiary/aromatic N) is 2. The Morgan fingerprint density at radius 2 is 1.85 bits per heavy atom. The first-order chi connectivity index (χ1) is 12.8. The Bertz CT molecular complexity index is 982. The van der Waals surface area contributed by atoms with Crippen molar-refractivity contribution in [1.82, 2.24) is 5.01 Å². The molecule has 1 aliphatic rings. The zero-order chi connectivity index (χ0) is 19.6. The smallest absolute Gasteiger partial charge is 0.242 e. The monoisotopic (exact) mass is 385 g/mol. The van der Waals surface area contributed by atoms with Gasteiger partial charge in [0, 0.05) is 18.5 Å². The second-order valence-electron chi connectivity index (χ2n) is 6.67. The van der Waals surface area contributed by atoms with E-state index in [4.69, 9.17) is 0 Å². The second-order valence-corrected chi connectivity index (χ2v) is 8.42. The highest BCUT2D eigenvalue weighted by atomic mass is 32.2. The first-order valence-electron chi connectivity index (χ1n) is 8.82. The van der Waals surface area contributed by atoms with E-state index in [1.54, 1.807) is 17.1 Å². The topological polar surface area (TPSA) is 78.8 Å². The fourth-order valence-electron chi connectivity index (χ4n) is 3.22. The fourth-order valence-corrected chi connectivity index (χ4v) is 3.79. The van der Waals surface area contributed by atoms with Gasteiger partial charge >= 0.3 is 0 Å². The van der Waals surface area contributed by atoms with Crippen LogP contribution >= 0.6 is 0 Å². The van der Waals surface area contributed by atoms with Crippen molar-refractivity contribution in [2.24, 2.45) is 5.10 Å². The van der Waals surface area contributed by atoms with Gasteiger partial charge in [-0.3, -0.25) is 9.52 Å². The molecule has 142 valence electrons. The van der Waals surface area contributed by atoms with Crippen molar-refractivity contribution in [2.45, 2.75) is 32.7 Å². The van der Waals surface area contributed by atoms with Gasteiger partial charge in [-0.2, -0.15) is 5.10 Å². The van der Waals surface area contributed by atoms with Gasteiger partial charge in [0.1, 0.15) is 0 Å². The molecule has 0 saturated heterocycles. The maximum Gasteiger partial charge on any atom is 0.242 e. The maximum absolute atomic E-state index is 12.4. The molecule has 0 aliphatic carbocycles. The summed E-state index contributed by atoms with van der Waals surface area (Å²) in [7, 11) is -3.32. The number of hydrazone groups is 1. The number of carbonyl (C=O) groups is 1. The molecule has 0 bridgehead atoms. The second kappa shape index (κ2) is 7.52. The van der Waals surface area contributed by atoms with E-state index in [1.807, 2.05) is 50.2 Å². The molecule has 1 atom stereocenters. The van der Waals surface area contributed by atoms with E-state index < -0.39 is 10.0 Å². The molecule has 0 aromatic heterocycles. The molecule has 27 heavy (non-hydrogen) atoms. The molecule has 1 amide bonds. The third kappa shape index (κ3) is 4.36. The van der Waals surface area contributed by atoms with Gasteiger partial charge < -0.3 is 0 Å². The highest BCUT2D eigenvalue weighted by Crippen LogP contribution is 2.34.